The van der Waals surface area contributed by atoms with Crippen LogP contribution in [0.3, 0.4) is 0 Å². The van der Waals surface area contributed by atoms with Gasteiger partial charge in [0.25, 0.3) is 0 Å². The second-order valence-corrected chi connectivity index (χ2v) is 6.94. The van der Waals surface area contributed by atoms with Gasteiger partial charge in [0.1, 0.15) is 6.04 Å². The smallest absolute Gasteiger partial charge is 0.328 e. The molecular weight excluding hydrogens is 426 g/mol. The number of carboxylic acid groups (broad SMARTS) is 1. The van der Waals surface area contributed by atoms with E-state index in [-0.39, 0.29) is 28.0 Å². The first-order valence-corrected chi connectivity index (χ1v) is 10.5. The first-order valence-electron chi connectivity index (χ1n) is 10.5. The van der Waals surface area contributed by atoms with Crippen molar-refractivity contribution in [3.05, 3.63) is 35.9 Å². The van der Waals surface area contributed by atoms with Gasteiger partial charge in [-0.25, -0.2) is 14.5 Å². The fourth-order valence-electron chi connectivity index (χ4n) is 3.22. The second-order valence-electron chi connectivity index (χ2n) is 6.94. The van der Waals surface area contributed by atoms with Crippen molar-refractivity contribution in [3.8, 4) is 0 Å². The summed E-state index contributed by atoms with van der Waals surface area (Å²) in [6.45, 7) is 7.31. The second kappa shape index (κ2) is 15.8. The Kier molecular flexibility index (Phi) is 15.4. The molecule has 0 saturated carbocycles. The number of hydrogen-bond donors (Lipinski definition) is 2. The molecule has 0 spiro atoms. The molecule has 2 N–H and O–H groups in total. The lowest BCUT2D eigenvalue weighted by Gasteiger charge is -2.26. The summed E-state index contributed by atoms with van der Waals surface area (Å²) in [5.41, 5.74) is 1.03. The van der Waals surface area contributed by atoms with E-state index in [2.05, 4.69) is 5.32 Å². The molecule has 1 heterocycles. The number of nitrogens with one attached hydrogen (secondary N) is 1. The predicted octanol–water partition coefficient (Wildman–Crippen LogP) is 3.17. The molecule has 1 aromatic carbocycles. The molecule has 1 aliphatic heterocycles. The highest BCUT2D eigenvalue weighted by Crippen LogP contribution is 2.17. The van der Waals surface area contributed by atoms with Crippen LogP contribution in [0, 0.1) is 0 Å². The van der Waals surface area contributed by atoms with Crippen LogP contribution in [-0.4, -0.2) is 77.1 Å². The molecule has 188 valence electrons. The van der Waals surface area contributed by atoms with Gasteiger partial charge in [-0.1, -0.05) is 59.0 Å². The first-order chi connectivity index (χ1) is 14.8. The molecule has 0 aromatic heterocycles. The maximum absolute atomic E-state index is 12.8. The van der Waals surface area contributed by atoms with Crippen LogP contribution in [-0.2, 0) is 25.5 Å². The molecule has 0 aliphatic carbocycles. The minimum absolute atomic E-state index is 0. The predicted molar refractivity (Wildman–Crippen MR) is 129 cm³/mol. The largest absolute Gasteiger partial charge is 0.480 e. The van der Waals surface area contributed by atoms with E-state index >= 15 is 0 Å². The third kappa shape index (κ3) is 8.84. The van der Waals surface area contributed by atoms with Crippen molar-refractivity contribution >= 4 is 23.9 Å². The maximum Gasteiger partial charge on any atom is 0.328 e. The Morgan fingerprint density at radius 3 is 2.27 bits per heavy atom. The lowest BCUT2D eigenvalue weighted by Crippen LogP contribution is -2.54. The van der Waals surface area contributed by atoms with Gasteiger partial charge in [0.15, 0.2) is 6.04 Å². The van der Waals surface area contributed by atoms with E-state index < -0.39 is 42.0 Å². The fraction of sp³-hybridized carbons (Fsp3) is 0.583. The molecule has 1 aromatic rings. The van der Waals surface area contributed by atoms with Crippen LogP contribution >= 0.6 is 0 Å². The molecule has 0 bridgehead atoms. The molecule has 0 unspecified atom stereocenters. The van der Waals surface area contributed by atoms with E-state index in [1.54, 1.807) is 6.92 Å². The summed E-state index contributed by atoms with van der Waals surface area (Å²) >= 11 is 0. The molecule has 0 radical (unpaired) electrons. The number of esters is 1. The highest BCUT2D eigenvalue weighted by Gasteiger charge is 2.45. The maximum atomic E-state index is 12.8. The molecule has 9 heteroatoms. The number of carbonyl (C=O) groups is 4. The van der Waals surface area contributed by atoms with Crippen molar-refractivity contribution in [2.24, 2.45) is 0 Å². The van der Waals surface area contributed by atoms with Crippen LogP contribution in [0.4, 0.5) is 4.79 Å². The highest BCUT2D eigenvalue weighted by molar-refractivity contribution is 6.02. The molecule has 9 nitrogen and oxygen atoms in total. The SMILES string of the molecule is C.C.CC.CCOC(=O)[C@H](CCc1ccccc1)N[C@@H](C)C(=O)N1C(=O)N(C)C[C@H]1C(=O)O. The summed E-state index contributed by atoms with van der Waals surface area (Å²) in [5, 5.41) is 12.2. The Bertz CT molecular complexity index is 756. The summed E-state index contributed by atoms with van der Waals surface area (Å²) < 4.78 is 5.10. The number of nitrogens with zero attached hydrogens (tertiary/aromatic N) is 2. The van der Waals surface area contributed by atoms with E-state index in [4.69, 9.17) is 4.74 Å². The molecule has 1 aliphatic rings. The van der Waals surface area contributed by atoms with Crippen molar-refractivity contribution in [1.82, 2.24) is 15.1 Å². The number of hydrogen-bond acceptors (Lipinski definition) is 6. The van der Waals surface area contributed by atoms with Gasteiger partial charge in [0.05, 0.1) is 19.2 Å². The number of carbonyl (C=O) groups excluding carboxylic acids is 3. The van der Waals surface area contributed by atoms with Crippen molar-refractivity contribution in [1.29, 1.82) is 0 Å². The van der Waals surface area contributed by atoms with E-state index in [9.17, 15) is 24.3 Å². The van der Waals surface area contributed by atoms with Crippen LogP contribution in [0.5, 0.6) is 0 Å². The number of aliphatic carboxylic acids is 1. The van der Waals surface area contributed by atoms with Gasteiger partial charge in [0.2, 0.25) is 5.91 Å². The zero-order valence-corrected chi connectivity index (χ0v) is 18.8. The zero-order chi connectivity index (χ0) is 23.6. The number of likely N-dealkylation sites (N-methyl/N-ethyl adjacent to an activating group) is 1. The van der Waals surface area contributed by atoms with Crippen LogP contribution < -0.4 is 5.32 Å². The Labute approximate surface area is 198 Å². The molecule has 3 atom stereocenters. The van der Waals surface area contributed by atoms with Gasteiger partial charge in [-0.15, -0.1) is 0 Å². The van der Waals surface area contributed by atoms with E-state index in [1.807, 2.05) is 44.2 Å². The van der Waals surface area contributed by atoms with Crippen molar-refractivity contribution in [2.75, 3.05) is 20.2 Å². The van der Waals surface area contributed by atoms with E-state index in [0.29, 0.717) is 12.8 Å². The van der Waals surface area contributed by atoms with E-state index in [0.717, 1.165) is 10.5 Å². The van der Waals surface area contributed by atoms with Crippen molar-refractivity contribution in [3.63, 3.8) is 0 Å². The third-order valence-electron chi connectivity index (χ3n) is 4.77. The summed E-state index contributed by atoms with van der Waals surface area (Å²) in [7, 11) is 1.44. The minimum Gasteiger partial charge on any atom is -0.480 e. The van der Waals surface area contributed by atoms with Crippen molar-refractivity contribution < 1.29 is 29.0 Å². The topological polar surface area (TPSA) is 116 Å². The lowest BCUT2D eigenvalue weighted by molar-refractivity contribution is -0.148. The third-order valence-corrected chi connectivity index (χ3v) is 4.77. The van der Waals surface area contributed by atoms with Gasteiger partial charge in [-0.05, 0) is 32.3 Å². The summed E-state index contributed by atoms with van der Waals surface area (Å²) in [6, 6.07) is 5.92. The summed E-state index contributed by atoms with van der Waals surface area (Å²) in [5.74, 6) is -2.45. The zero-order valence-electron chi connectivity index (χ0n) is 18.8. The van der Waals surface area contributed by atoms with Gasteiger partial charge in [-0.3, -0.25) is 14.9 Å². The van der Waals surface area contributed by atoms with Crippen LogP contribution in [0.2, 0.25) is 0 Å². The molecule has 1 saturated heterocycles. The number of rotatable bonds is 9. The summed E-state index contributed by atoms with van der Waals surface area (Å²) in [6.07, 6.45) is 0.970. The average Bonchev–Trinajstić information content (AvgIpc) is 3.07. The van der Waals surface area contributed by atoms with Gasteiger partial charge in [-0.2, -0.15) is 0 Å². The monoisotopic (exact) mass is 467 g/mol. The Hall–Kier alpha value is -2.94. The molecule has 1 fully saturated rings. The quantitative estimate of drug-likeness (QED) is 0.536. The molecular formula is C24H41N3O6. The lowest BCUT2D eigenvalue weighted by atomic mass is 10.0. The number of urea groups is 1. The average molecular weight is 468 g/mol. The van der Waals surface area contributed by atoms with Gasteiger partial charge < -0.3 is 14.7 Å². The van der Waals surface area contributed by atoms with Crippen LogP contribution in [0.25, 0.3) is 0 Å². The summed E-state index contributed by atoms with van der Waals surface area (Å²) in [4.78, 5) is 50.8. The fourth-order valence-corrected chi connectivity index (χ4v) is 3.22. The van der Waals surface area contributed by atoms with Crippen LogP contribution in [0.15, 0.2) is 30.3 Å². The number of aryl methyl sites for hydroxylation is 1. The van der Waals surface area contributed by atoms with Crippen molar-refractivity contribution in [2.45, 2.75) is 73.5 Å². The number of imide groups is 1. The number of benzene rings is 1. The minimum atomic E-state index is -1.26. The number of ether oxygens (including phenoxy) is 1. The van der Waals surface area contributed by atoms with Crippen LogP contribution in [0.1, 0.15) is 54.5 Å². The molecule has 33 heavy (non-hydrogen) atoms. The highest BCUT2D eigenvalue weighted by atomic mass is 16.5. The van der Waals surface area contributed by atoms with E-state index in [1.165, 1.54) is 18.9 Å². The normalized spacial score (nSPS) is 16.4. The standard InChI is InChI=1S/C20H27N3O6.C2H6.2CH4/c1-4-29-19(27)15(11-10-14-8-6-5-7-9-14)21-13(2)17(24)23-16(18(25)26)12-22(3)20(23)28;1-2;;/h5-9,13,15-16,21H,4,10-12H2,1-3H3,(H,25,26);1-2H3;2*1H4/t13-,15-,16-;;;/m0.../s1. The Morgan fingerprint density at radius 1 is 1.18 bits per heavy atom. The molecule has 3 amide bonds. The number of amides is 3. The van der Waals surface area contributed by atoms with Gasteiger partial charge in [0, 0.05) is 7.05 Å². The Morgan fingerprint density at radius 2 is 1.76 bits per heavy atom. The Balaban J connectivity index is 0. The number of carboxylic acids is 1. The van der Waals surface area contributed by atoms with Gasteiger partial charge >= 0.3 is 18.0 Å². The first kappa shape index (κ1) is 32.2. The molecule has 2 rings (SSSR count).